The molecule has 0 saturated carbocycles. The number of ether oxygens (including phenoxy) is 2. The minimum atomic E-state index is 0.0774. The van der Waals surface area contributed by atoms with Crippen LogP contribution in [-0.4, -0.2) is 19.0 Å². The summed E-state index contributed by atoms with van der Waals surface area (Å²) >= 11 is 0. The highest BCUT2D eigenvalue weighted by Gasteiger charge is 2.07. The number of hydrogen-bond acceptors (Lipinski definition) is 3. The molecule has 110 valence electrons. The second-order valence-electron chi connectivity index (χ2n) is 4.67. The van der Waals surface area contributed by atoms with E-state index in [0.717, 1.165) is 5.56 Å². The predicted octanol–water partition coefficient (Wildman–Crippen LogP) is 3.87. The van der Waals surface area contributed by atoms with Crippen molar-refractivity contribution in [3.05, 3.63) is 65.7 Å². The topological polar surface area (TPSA) is 35.5 Å². The lowest BCUT2D eigenvalue weighted by atomic mass is 10.1. The van der Waals surface area contributed by atoms with Crippen LogP contribution in [0.2, 0.25) is 0 Å². The quantitative estimate of drug-likeness (QED) is 0.545. The molecule has 3 nitrogen and oxygen atoms in total. The summed E-state index contributed by atoms with van der Waals surface area (Å²) in [4.78, 5) is 12.0. The lowest BCUT2D eigenvalue weighted by Crippen LogP contribution is -2.05. The standard InChI is InChI=1S/C18H20O3/c1-2-20-12-11-18(19)16-9-6-10-17(13-16)21-14-15-7-4-3-5-8-15/h3-10,13H,2,11-12,14H2,1H3. The van der Waals surface area contributed by atoms with Gasteiger partial charge in [-0.1, -0.05) is 42.5 Å². The average molecular weight is 284 g/mol. The molecule has 0 aliphatic heterocycles. The molecule has 0 aliphatic rings. The summed E-state index contributed by atoms with van der Waals surface area (Å²) in [5.74, 6) is 0.787. The third kappa shape index (κ3) is 5.04. The van der Waals surface area contributed by atoms with Gasteiger partial charge < -0.3 is 9.47 Å². The monoisotopic (exact) mass is 284 g/mol. The Hall–Kier alpha value is -2.13. The third-order valence-corrected chi connectivity index (χ3v) is 3.08. The molecule has 21 heavy (non-hydrogen) atoms. The smallest absolute Gasteiger partial charge is 0.165 e. The number of carbonyl (C=O) groups excluding carboxylic acids is 1. The number of hydrogen-bond donors (Lipinski definition) is 0. The van der Waals surface area contributed by atoms with Crippen LogP contribution in [0.1, 0.15) is 29.3 Å². The Labute approximate surface area is 125 Å². The van der Waals surface area contributed by atoms with Gasteiger partial charge >= 0.3 is 0 Å². The number of rotatable bonds is 8. The predicted molar refractivity (Wildman–Crippen MR) is 82.7 cm³/mol. The molecule has 0 amide bonds. The first kappa shape index (κ1) is 15.3. The summed E-state index contributed by atoms with van der Waals surface area (Å²) in [7, 11) is 0. The maximum absolute atomic E-state index is 12.0. The molecule has 0 N–H and O–H groups in total. The van der Waals surface area contributed by atoms with E-state index in [1.54, 1.807) is 6.07 Å². The highest BCUT2D eigenvalue weighted by atomic mass is 16.5. The van der Waals surface area contributed by atoms with Gasteiger partial charge in [-0.15, -0.1) is 0 Å². The summed E-state index contributed by atoms with van der Waals surface area (Å²) in [6, 6.07) is 17.3. The van der Waals surface area contributed by atoms with E-state index in [2.05, 4.69) is 0 Å². The molecule has 0 saturated heterocycles. The lowest BCUT2D eigenvalue weighted by molar-refractivity contribution is 0.0895. The first-order chi connectivity index (χ1) is 10.3. The fraction of sp³-hybridized carbons (Fsp3) is 0.278. The molecule has 0 aromatic heterocycles. The third-order valence-electron chi connectivity index (χ3n) is 3.08. The molecule has 0 fully saturated rings. The van der Waals surface area contributed by atoms with Crippen LogP contribution in [0, 0.1) is 0 Å². The van der Waals surface area contributed by atoms with Crippen molar-refractivity contribution >= 4 is 5.78 Å². The zero-order chi connectivity index (χ0) is 14.9. The van der Waals surface area contributed by atoms with Crippen LogP contribution in [0.15, 0.2) is 54.6 Å². The zero-order valence-electron chi connectivity index (χ0n) is 12.2. The van der Waals surface area contributed by atoms with Gasteiger partial charge in [0.05, 0.1) is 6.61 Å². The van der Waals surface area contributed by atoms with Crippen LogP contribution in [0.4, 0.5) is 0 Å². The second-order valence-corrected chi connectivity index (χ2v) is 4.67. The number of benzene rings is 2. The van der Waals surface area contributed by atoms with Crippen molar-refractivity contribution in [1.82, 2.24) is 0 Å². The molecular formula is C18H20O3. The fourth-order valence-electron chi connectivity index (χ4n) is 1.95. The van der Waals surface area contributed by atoms with Crippen molar-refractivity contribution in [2.75, 3.05) is 13.2 Å². The first-order valence-corrected chi connectivity index (χ1v) is 7.17. The van der Waals surface area contributed by atoms with Crippen molar-refractivity contribution in [2.24, 2.45) is 0 Å². The van der Waals surface area contributed by atoms with Crippen LogP contribution in [0.5, 0.6) is 5.75 Å². The van der Waals surface area contributed by atoms with Crippen LogP contribution in [0.3, 0.4) is 0 Å². The van der Waals surface area contributed by atoms with E-state index in [-0.39, 0.29) is 5.78 Å². The molecule has 0 spiro atoms. The van der Waals surface area contributed by atoms with Crippen molar-refractivity contribution in [1.29, 1.82) is 0 Å². The molecular weight excluding hydrogens is 264 g/mol. The molecule has 0 radical (unpaired) electrons. The van der Waals surface area contributed by atoms with Crippen LogP contribution in [-0.2, 0) is 11.3 Å². The van der Waals surface area contributed by atoms with E-state index in [4.69, 9.17) is 9.47 Å². The van der Waals surface area contributed by atoms with Gasteiger partial charge in [0, 0.05) is 18.6 Å². The van der Waals surface area contributed by atoms with Gasteiger partial charge in [-0.05, 0) is 24.6 Å². The number of carbonyl (C=O) groups is 1. The average Bonchev–Trinajstić information content (AvgIpc) is 2.54. The van der Waals surface area contributed by atoms with Crippen LogP contribution >= 0.6 is 0 Å². The summed E-state index contributed by atoms with van der Waals surface area (Å²) < 4.78 is 10.9. The molecule has 0 unspecified atom stereocenters. The maximum atomic E-state index is 12.0. The minimum Gasteiger partial charge on any atom is -0.489 e. The van der Waals surface area contributed by atoms with Crippen molar-refractivity contribution in [3.8, 4) is 5.75 Å². The van der Waals surface area contributed by atoms with E-state index in [1.165, 1.54) is 0 Å². The van der Waals surface area contributed by atoms with E-state index in [0.29, 0.717) is 37.6 Å². The molecule has 0 aliphatic carbocycles. The number of Topliss-reactive ketones (excluding diaryl/α,β-unsaturated/α-hetero) is 1. The molecule has 0 bridgehead atoms. The Morgan fingerprint density at radius 1 is 1.05 bits per heavy atom. The summed E-state index contributed by atoms with van der Waals surface area (Å²) in [5, 5.41) is 0. The van der Waals surface area contributed by atoms with Crippen molar-refractivity contribution < 1.29 is 14.3 Å². The van der Waals surface area contributed by atoms with Gasteiger partial charge in [0.15, 0.2) is 5.78 Å². The molecule has 2 aromatic carbocycles. The Balaban J connectivity index is 1.92. The minimum absolute atomic E-state index is 0.0774. The Bertz CT molecular complexity index is 564. The molecule has 3 heteroatoms. The molecule has 2 aromatic rings. The van der Waals surface area contributed by atoms with E-state index < -0.39 is 0 Å². The zero-order valence-corrected chi connectivity index (χ0v) is 12.2. The summed E-state index contributed by atoms with van der Waals surface area (Å²) in [5.41, 5.74) is 1.77. The first-order valence-electron chi connectivity index (χ1n) is 7.17. The van der Waals surface area contributed by atoms with Gasteiger partial charge in [-0.3, -0.25) is 4.79 Å². The van der Waals surface area contributed by atoms with E-state index in [9.17, 15) is 4.79 Å². The van der Waals surface area contributed by atoms with Crippen molar-refractivity contribution in [3.63, 3.8) is 0 Å². The normalized spacial score (nSPS) is 10.3. The lowest BCUT2D eigenvalue weighted by Gasteiger charge is -2.08. The number of ketones is 1. The second kappa shape index (κ2) is 8.22. The summed E-state index contributed by atoms with van der Waals surface area (Å²) in [6.07, 6.45) is 0.399. The largest absolute Gasteiger partial charge is 0.489 e. The van der Waals surface area contributed by atoms with Gasteiger partial charge in [0.25, 0.3) is 0 Å². The Morgan fingerprint density at radius 3 is 2.62 bits per heavy atom. The summed E-state index contributed by atoms with van der Waals surface area (Å²) in [6.45, 7) is 3.51. The molecule has 2 rings (SSSR count). The van der Waals surface area contributed by atoms with Gasteiger partial charge in [0.1, 0.15) is 12.4 Å². The maximum Gasteiger partial charge on any atom is 0.165 e. The molecule has 0 heterocycles. The Kier molecular flexibility index (Phi) is 5.98. The van der Waals surface area contributed by atoms with E-state index in [1.807, 2.05) is 55.5 Å². The van der Waals surface area contributed by atoms with Crippen LogP contribution < -0.4 is 4.74 Å². The van der Waals surface area contributed by atoms with Crippen LogP contribution in [0.25, 0.3) is 0 Å². The van der Waals surface area contributed by atoms with E-state index >= 15 is 0 Å². The van der Waals surface area contributed by atoms with Gasteiger partial charge in [-0.25, -0.2) is 0 Å². The SMILES string of the molecule is CCOCCC(=O)c1cccc(OCc2ccccc2)c1. The fourth-order valence-corrected chi connectivity index (χ4v) is 1.95. The van der Waals surface area contributed by atoms with Gasteiger partial charge in [0.2, 0.25) is 0 Å². The highest BCUT2D eigenvalue weighted by molar-refractivity contribution is 5.96. The molecule has 0 atom stereocenters. The van der Waals surface area contributed by atoms with Gasteiger partial charge in [-0.2, -0.15) is 0 Å². The highest BCUT2D eigenvalue weighted by Crippen LogP contribution is 2.16. The van der Waals surface area contributed by atoms with Crippen molar-refractivity contribution in [2.45, 2.75) is 20.0 Å². The Morgan fingerprint density at radius 2 is 1.86 bits per heavy atom.